The van der Waals surface area contributed by atoms with E-state index in [4.69, 9.17) is 10.5 Å². The van der Waals surface area contributed by atoms with E-state index < -0.39 is 0 Å². The van der Waals surface area contributed by atoms with Gasteiger partial charge in [0.2, 0.25) is 5.95 Å². The van der Waals surface area contributed by atoms with Gasteiger partial charge in [-0.25, -0.2) is 4.98 Å². The van der Waals surface area contributed by atoms with Crippen molar-refractivity contribution in [2.75, 3.05) is 19.1 Å². The molecule has 0 radical (unpaired) electrons. The lowest BCUT2D eigenvalue weighted by Crippen LogP contribution is -2.20. The fraction of sp³-hybridized carbons (Fsp3) is 0.533. The normalized spacial score (nSPS) is 23.1. The average molecular weight is 291 g/mol. The second kappa shape index (κ2) is 5.56. The van der Waals surface area contributed by atoms with Crippen LogP contribution in [0.4, 0.5) is 5.95 Å². The van der Waals surface area contributed by atoms with E-state index in [0.29, 0.717) is 12.0 Å². The molecule has 0 saturated heterocycles. The van der Waals surface area contributed by atoms with E-state index in [9.17, 15) is 0 Å². The number of fused-ring (bicyclic) bond motifs is 1. The van der Waals surface area contributed by atoms with Gasteiger partial charge in [-0.3, -0.25) is 0 Å². The molecule has 0 amide bonds. The molecule has 1 heterocycles. The zero-order chi connectivity index (χ0) is 14.1. The van der Waals surface area contributed by atoms with Crippen molar-refractivity contribution in [2.24, 2.45) is 0 Å². The third-order valence-electron chi connectivity index (χ3n) is 4.27. The van der Waals surface area contributed by atoms with Gasteiger partial charge in [0, 0.05) is 11.3 Å². The second-order valence-corrected chi connectivity index (χ2v) is 6.47. The van der Waals surface area contributed by atoms with Crippen molar-refractivity contribution >= 4 is 28.7 Å². The number of aromatic nitrogens is 2. The molecule has 1 aromatic carbocycles. The van der Waals surface area contributed by atoms with E-state index in [0.717, 1.165) is 22.0 Å². The molecule has 1 aromatic heterocycles. The Balaban J connectivity index is 1.98. The first kappa shape index (κ1) is 13.6. The molecule has 20 heavy (non-hydrogen) atoms. The standard InChI is InChI=1S/C15H21N3OS/c1-19-13-5-3-4-12-14(13)17-15(16)18(12)10-6-8-11(20-2)9-7-10/h3-5,10-11H,6-9H2,1-2H3,(H2,16,17). The number of imidazole rings is 1. The number of benzene rings is 1. The van der Waals surface area contributed by atoms with Crippen LogP contribution in [0.5, 0.6) is 5.75 Å². The molecule has 2 N–H and O–H groups in total. The van der Waals surface area contributed by atoms with Crippen molar-refractivity contribution in [1.82, 2.24) is 9.55 Å². The van der Waals surface area contributed by atoms with Gasteiger partial charge in [-0.15, -0.1) is 0 Å². The molecule has 3 rings (SSSR count). The van der Waals surface area contributed by atoms with E-state index in [1.54, 1.807) is 7.11 Å². The summed E-state index contributed by atoms with van der Waals surface area (Å²) in [5.74, 6) is 1.41. The molecule has 5 heteroatoms. The van der Waals surface area contributed by atoms with Crippen LogP contribution in [0.2, 0.25) is 0 Å². The van der Waals surface area contributed by atoms with Gasteiger partial charge >= 0.3 is 0 Å². The Kier molecular flexibility index (Phi) is 3.78. The van der Waals surface area contributed by atoms with Crippen molar-refractivity contribution < 1.29 is 4.74 Å². The highest BCUT2D eigenvalue weighted by molar-refractivity contribution is 7.99. The monoisotopic (exact) mass is 291 g/mol. The Morgan fingerprint density at radius 1 is 1.30 bits per heavy atom. The van der Waals surface area contributed by atoms with Gasteiger partial charge in [0.05, 0.1) is 12.6 Å². The third-order valence-corrected chi connectivity index (χ3v) is 5.41. The molecule has 4 nitrogen and oxygen atoms in total. The number of ether oxygens (including phenoxy) is 1. The van der Waals surface area contributed by atoms with E-state index in [1.807, 2.05) is 23.9 Å². The van der Waals surface area contributed by atoms with Crippen LogP contribution in [-0.2, 0) is 0 Å². The summed E-state index contributed by atoms with van der Waals surface area (Å²) in [6, 6.07) is 6.49. The third kappa shape index (κ3) is 2.24. The number of hydrogen-bond acceptors (Lipinski definition) is 4. The summed E-state index contributed by atoms with van der Waals surface area (Å²) in [5, 5.41) is 0.803. The minimum atomic E-state index is 0.468. The maximum absolute atomic E-state index is 6.17. The van der Waals surface area contributed by atoms with Crippen molar-refractivity contribution in [1.29, 1.82) is 0 Å². The number of rotatable bonds is 3. The van der Waals surface area contributed by atoms with Gasteiger partial charge in [0.25, 0.3) is 0 Å². The molecule has 1 saturated carbocycles. The number of thioether (sulfide) groups is 1. The molecule has 108 valence electrons. The van der Waals surface area contributed by atoms with Crippen LogP contribution < -0.4 is 10.5 Å². The van der Waals surface area contributed by atoms with Crippen molar-refractivity contribution in [3.05, 3.63) is 18.2 Å². The van der Waals surface area contributed by atoms with Crippen LogP contribution in [0.1, 0.15) is 31.7 Å². The highest BCUT2D eigenvalue weighted by Crippen LogP contribution is 2.38. The highest BCUT2D eigenvalue weighted by Gasteiger charge is 2.25. The van der Waals surface area contributed by atoms with E-state index in [2.05, 4.69) is 21.9 Å². The Morgan fingerprint density at radius 3 is 2.70 bits per heavy atom. The fourth-order valence-electron chi connectivity index (χ4n) is 3.20. The zero-order valence-electron chi connectivity index (χ0n) is 12.0. The molecule has 0 spiro atoms. The topological polar surface area (TPSA) is 53.1 Å². The number of para-hydroxylation sites is 1. The highest BCUT2D eigenvalue weighted by atomic mass is 32.2. The quantitative estimate of drug-likeness (QED) is 0.940. The Labute approximate surface area is 123 Å². The fourth-order valence-corrected chi connectivity index (χ4v) is 3.94. The number of nitrogens with zero attached hydrogens (tertiary/aromatic N) is 2. The van der Waals surface area contributed by atoms with E-state index in [1.165, 1.54) is 25.7 Å². The molecule has 0 unspecified atom stereocenters. The number of anilines is 1. The van der Waals surface area contributed by atoms with Crippen molar-refractivity contribution in [3.8, 4) is 5.75 Å². The SMILES string of the molecule is COc1cccc2c1nc(N)n2C1CCC(SC)CC1. The molecule has 1 aliphatic carbocycles. The minimum Gasteiger partial charge on any atom is -0.494 e. The first-order valence-corrected chi connectivity index (χ1v) is 8.36. The Morgan fingerprint density at radius 2 is 2.05 bits per heavy atom. The maximum atomic E-state index is 6.17. The number of nitrogen functional groups attached to an aromatic ring is 1. The molecular weight excluding hydrogens is 270 g/mol. The molecule has 1 fully saturated rings. The smallest absolute Gasteiger partial charge is 0.201 e. The summed E-state index contributed by atoms with van der Waals surface area (Å²) in [6.07, 6.45) is 7.08. The van der Waals surface area contributed by atoms with Gasteiger partial charge < -0.3 is 15.0 Å². The predicted octanol–water partition coefficient (Wildman–Crippen LogP) is 3.47. The van der Waals surface area contributed by atoms with Gasteiger partial charge in [-0.1, -0.05) is 6.07 Å². The first-order chi connectivity index (χ1) is 9.74. The van der Waals surface area contributed by atoms with Crippen molar-refractivity contribution in [3.63, 3.8) is 0 Å². The summed E-state index contributed by atoms with van der Waals surface area (Å²) in [4.78, 5) is 4.51. The number of methoxy groups -OCH3 is 1. The van der Waals surface area contributed by atoms with E-state index >= 15 is 0 Å². The van der Waals surface area contributed by atoms with Crippen LogP contribution in [0.25, 0.3) is 11.0 Å². The lowest BCUT2D eigenvalue weighted by molar-refractivity contribution is 0.370. The molecule has 0 aliphatic heterocycles. The van der Waals surface area contributed by atoms with E-state index in [-0.39, 0.29) is 0 Å². The summed E-state index contributed by atoms with van der Waals surface area (Å²) >= 11 is 1.98. The van der Waals surface area contributed by atoms with Gasteiger partial charge in [-0.05, 0) is 44.1 Å². The number of hydrogen-bond donors (Lipinski definition) is 1. The van der Waals surface area contributed by atoms with Crippen LogP contribution in [0, 0.1) is 0 Å². The lowest BCUT2D eigenvalue weighted by atomic mass is 9.94. The molecule has 1 aliphatic rings. The largest absolute Gasteiger partial charge is 0.494 e. The molecule has 2 aromatic rings. The van der Waals surface area contributed by atoms with Crippen LogP contribution in [-0.4, -0.2) is 28.2 Å². The molecule has 0 bridgehead atoms. The van der Waals surface area contributed by atoms with Crippen molar-refractivity contribution in [2.45, 2.75) is 37.0 Å². The Bertz CT molecular complexity index is 602. The van der Waals surface area contributed by atoms with Gasteiger partial charge in [-0.2, -0.15) is 11.8 Å². The van der Waals surface area contributed by atoms with Crippen LogP contribution in [0.15, 0.2) is 18.2 Å². The average Bonchev–Trinajstić information content (AvgIpc) is 2.83. The lowest BCUT2D eigenvalue weighted by Gasteiger charge is -2.29. The molecular formula is C15H21N3OS. The summed E-state index contributed by atoms with van der Waals surface area (Å²) < 4.78 is 7.59. The number of nitrogens with two attached hydrogens (primary N) is 1. The van der Waals surface area contributed by atoms with Crippen LogP contribution in [0.3, 0.4) is 0 Å². The summed E-state index contributed by atoms with van der Waals surface area (Å²) in [5.41, 5.74) is 8.13. The second-order valence-electron chi connectivity index (χ2n) is 5.33. The maximum Gasteiger partial charge on any atom is 0.201 e. The van der Waals surface area contributed by atoms with Crippen LogP contribution >= 0.6 is 11.8 Å². The van der Waals surface area contributed by atoms with Gasteiger partial charge in [0.15, 0.2) is 0 Å². The minimum absolute atomic E-state index is 0.468. The predicted molar refractivity (Wildman–Crippen MR) is 85.5 cm³/mol. The summed E-state index contributed by atoms with van der Waals surface area (Å²) in [6.45, 7) is 0. The summed E-state index contributed by atoms with van der Waals surface area (Å²) in [7, 11) is 1.67. The molecule has 0 atom stereocenters. The zero-order valence-corrected chi connectivity index (χ0v) is 12.8. The Hall–Kier alpha value is -1.36. The first-order valence-electron chi connectivity index (χ1n) is 7.07. The van der Waals surface area contributed by atoms with Gasteiger partial charge in [0.1, 0.15) is 11.3 Å².